The molecule has 116 valence electrons. The van der Waals surface area contributed by atoms with Crippen molar-refractivity contribution >= 4 is 11.7 Å². The number of carboxylic acid groups (broad SMARTS) is 1. The van der Waals surface area contributed by atoms with Crippen LogP contribution in [0.2, 0.25) is 0 Å². The molecule has 2 rings (SSSR count). The number of anilines is 1. The molecule has 1 heterocycles. The number of nitrogens with zero attached hydrogens (tertiary/aromatic N) is 2. The minimum absolute atomic E-state index is 0.160. The van der Waals surface area contributed by atoms with Crippen LogP contribution in [-0.2, 0) is 0 Å². The van der Waals surface area contributed by atoms with Gasteiger partial charge < -0.3 is 10.0 Å². The van der Waals surface area contributed by atoms with Crippen molar-refractivity contribution < 1.29 is 27.5 Å². The first kappa shape index (κ1) is 15.6. The van der Waals surface area contributed by atoms with E-state index in [0.29, 0.717) is 0 Å². The van der Waals surface area contributed by atoms with Crippen LogP contribution in [0.3, 0.4) is 0 Å². The van der Waals surface area contributed by atoms with Gasteiger partial charge >= 0.3 is 12.1 Å². The SMILES string of the molecule is O=C(O)c1ccc(N2CCN(CC(F)(F)F)CC2)c(F)c1. The van der Waals surface area contributed by atoms with Crippen LogP contribution in [0.25, 0.3) is 0 Å². The Labute approximate surface area is 118 Å². The maximum absolute atomic E-state index is 13.9. The third kappa shape index (κ3) is 4.07. The highest BCUT2D eigenvalue weighted by atomic mass is 19.4. The number of carbonyl (C=O) groups is 1. The molecule has 0 saturated carbocycles. The maximum atomic E-state index is 13.9. The molecule has 0 radical (unpaired) electrons. The Hall–Kier alpha value is -1.83. The number of piperazine rings is 1. The molecule has 1 aliphatic heterocycles. The molecule has 0 atom stereocenters. The highest BCUT2D eigenvalue weighted by Crippen LogP contribution is 2.23. The van der Waals surface area contributed by atoms with Crippen molar-refractivity contribution in [2.75, 3.05) is 37.6 Å². The first-order valence-corrected chi connectivity index (χ1v) is 6.33. The number of rotatable bonds is 3. The third-order valence-corrected chi connectivity index (χ3v) is 3.31. The van der Waals surface area contributed by atoms with Crippen molar-refractivity contribution in [2.24, 2.45) is 0 Å². The topological polar surface area (TPSA) is 43.8 Å². The highest BCUT2D eigenvalue weighted by Gasteiger charge is 2.32. The maximum Gasteiger partial charge on any atom is 0.401 e. The molecule has 1 N–H and O–H groups in total. The summed E-state index contributed by atoms with van der Waals surface area (Å²) in [7, 11) is 0. The van der Waals surface area contributed by atoms with Crippen LogP contribution < -0.4 is 4.90 Å². The first-order valence-electron chi connectivity index (χ1n) is 6.33. The summed E-state index contributed by atoms with van der Waals surface area (Å²) in [6.45, 7) is -0.0840. The van der Waals surface area contributed by atoms with Gasteiger partial charge in [0.05, 0.1) is 17.8 Å². The van der Waals surface area contributed by atoms with Gasteiger partial charge in [0.2, 0.25) is 0 Å². The number of benzene rings is 1. The van der Waals surface area contributed by atoms with E-state index in [1.807, 2.05) is 0 Å². The van der Waals surface area contributed by atoms with E-state index in [0.717, 1.165) is 6.07 Å². The average molecular weight is 306 g/mol. The fourth-order valence-electron chi connectivity index (χ4n) is 2.30. The van der Waals surface area contributed by atoms with Crippen LogP contribution in [0.15, 0.2) is 18.2 Å². The predicted octanol–water partition coefficient (Wildman–Crippen LogP) is 2.21. The monoisotopic (exact) mass is 306 g/mol. The van der Waals surface area contributed by atoms with Crippen molar-refractivity contribution in [1.82, 2.24) is 4.90 Å². The summed E-state index contributed by atoms with van der Waals surface area (Å²) in [4.78, 5) is 13.6. The molecule has 0 amide bonds. The Morgan fingerprint density at radius 2 is 1.81 bits per heavy atom. The second-order valence-electron chi connectivity index (χ2n) is 4.85. The Morgan fingerprint density at radius 1 is 1.19 bits per heavy atom. The zero-order valence-corrected chi connectivity index (χ0v) is 11.0. The number of carboxylic acids is 1. The molecule has 0 aromatic heterocycles. The summed E-state index contributed by atoms with van der Waals surface area (Å²) in [6.07, 6.45) is -4.24. The Morgan fingerprint density at radius 3 is 2.29 bits per heavy atom. The van der Waals surface area contributed by atoms with Gasteiger partial charge in [0.1, 0.15) is 5.82 Å². The quantitative estimate of drug-likeness (QED) is 0.870. The minimum atomic E-state index is -4.24. The van der Waals surface area contributed by atoms with Gasteiger partial charge in [0.25, 0.3) is 0 Å². The molecular weight excluding hydrogens is 292 g/mol. The summed E-state index contributed by atoms with van der Waals surface area (Å²) in [5.41, 5.74) is 0.0543. The second-order valence-corrected chi connectivity index (χ2v) is 4.85. The van der Waals surface area contributed by atoms with Gasteiger partial charge in [-0.1, -0.05) is 0 Å². The van der Waals surface area contributed by atoms with E-state index in [9.17, 15) is 22.4 Å². The van der Waals surface area contributed by atoms with Crippen molar-refractivity contribution in [1.29, 1.82) is 0 Å². The number of aromatic carboxylic acids is 1. The molecule has 0 bridgehead atoms. The molecule has 4 nitrogen and oxygen atoms in total. The summed E-state index contributed by atoms with van der Waals surface area (Å²) >= 11 is 0. The molecule has 8 heteroatoms. The molecule has 21 heavy (non-hydrogen) atoms. The van der Waals surface area contributed by atoms with Crippen LogP contribution in [0.4, 0.5) is 23.2 Å². The summed E-state index contributed by atoms with van der Waals surface area (Å²) in [5, 5.41) is 8.76. The number of alkyl halides is 3. The minimum Gasteiger partial charge on any atom is -0.478 e. The zero-order valence-electron chi connectivity index (χ0n) is 11.0. The molecule has 1 fully saturated rings. The lowest BCUT2D eigenvalue weighted by Gasteiger charge is -2.36. The fraction of sp³-hybridized carbons (Fsp3) is 0.462. The van der Waals surface area contributed by atoms with E-state index >= 15 is 0 Å². The van der Waals surface area contributed by atoms with Crippen LogP contribution in [0, 0.1) is 5.82 Å². The highest BCUT2D eigenvalue weighted by molar-refractivity contribution is 5.88. The second kappa shape index (κ2) is 5.88. The smallest absolute Gasteiger partial charge is 0.401 e. The number of hydrogen-bond donors (Lipinski definition) is 1. The fourth-order valence-corrected chi connectivity index (χ4v) is 2.30. The first-order chi connectivity index (χ1) is 9.76. The van der Waals surface area contributed by atoms with E-state index < -0.39 is 24.5 Å². The van der Waals surface area contributed by atoms with E-state index in [1.165, 1.54) is 17.0 Å². The van der Waals surface area contributed by atoms with E-state index in [2.05, 4.69) is 0 Å². The molecule has 1 saturated heterocycles. The van der Waals surface area contributed by atoms with Crippen molar-refractivity contribution in [3.8, 4) is 0 Å². The average Bonchev–Trinajstić information content (AvgIpc) is 2.38. The van der Waals surface area contributed by atoms with E-state index in [1.54, 1.807) is 4.90 Å². The van der Waals surface area contributed by atoms with Crippen molar-refractivity contribution in [2.45, 2.75) is 6.18 Å². The zero-order chi connectivity index (χ0) is 15.6. The number of hydrogen-bond acceptors (Lipinski definition) is 3. The van der Waals surface area contributed by atoms with E-state index in [-0.39, 0.29) is 37.4 Å². The summed E-state index contributed by atoms with van der Waals surface area (Å²) in [6, 6.07) is 3.54. The Kier molecular flexibility index (Phi) is 4.36. The summed E-state index contributed by atoms with van der Waals surface area (Å²) in [5.74, 6) is -1.91. The summed E-state index contributed by atoms with van der Waals surface area (Å²) < 4.78 is 50.7. The van der Waals surface area contributed by atoms with Crippen LogP contribution >= 0.6 is 0 Å². The standard InChI is InChI=1S/C13H14F4N2O2/c14-10-7-9(12(20)21)1-2-11(10)19-5-3-18(4-6-19)8-13(15,16)17/h1-2,7H,3-6,8H2,(H,20,21). The lowest BCUT2D eigenvalue weighted by atomic mass is 10.1. The Balaban J connectivity index is 2.01. The Bertz CT molecular complexity index is 525. The van der Waals surface area contributed by atoms with Gasteiger partial charge in [-0.15, -0.1) is 0 Å². The lowest BCUT2D eigenvalue weighted by Crippen LogP contribution is -2.49. The van der Waals surface area contributed by atoms with Crippen molar-refractivity contribution in [3.63, 3.8) is 0 Å². The number of halogens is 4. The van der Waals surface area contributed by atoms with Gasteiger partial charge in [-0.05, 0) is 18.2 Å². The molecule has 1 aromatic carbocycles. The van der Waals surface area contributed by atoms with Gasteiger partial charge in [0.15, 0.2) is 0 Å². The normalized spacial score (nSPS) is 17.0. The molecule has 1 aliphatic rings. The third-order valence-electron chi connectivity index (χ3n) is 3.31. The largest absolute Gasteiger partial charge is 0.478 e. The van der Waals surface area contributed by atoms with Gasteiger partial charge in [0, 0.05) is 26.2 Å². The van der Waals surface area contributed by atoms with Crippen LogP contribution in [0.1, 0.15) is 10.4 Å². The van der Waals surface area contributed by atoms with Crippen LogP contribution in [0.5, 0.6) is 0 Å². The van der Waals surface area contributed by atoms with Gasteiger partial charge in [-0.3, -0.25) is 4.90 Å². The van der Waals surface area contributed by atoms with Gasteiger partial charge in [-0.2, -0.15) is 13.2 Å². The molecular formula is C13H14F4N2O2. The molecule has 0 aliphatic carbocycles. The van der Waals surface area contributed by atoms with Crippen LogP contribution in [-0.4, -0.2) is 54.9 Å². The lowest BCUT2D eigenvalue weighted by molar-refractivity contribution is -0.146. The molecule has 0 spiro atoms. The molecule has 0 unspecified atom stereocenters. The van der Waals surface area contributed by atoms with E-state index in [4.69, 9.17) is 5.11 Å². The molecule has 1 aromatic rings. The van der Waals surface area contributed by atoms with Gasteiger partial charge in [-0.25, -0.2) is 9.18 Å². The predicted molar refractivity (Wildman–Crippen MR) is 68.1 cm³/mol. The van der Waals surface area contributed by atoms with Crippen molar-refractivity contribution in [3.05, 3.63) is 29.6 Å².